The van der Waals surface area contributed by atoms with Crippen molar-refractivity contribution < 1.29 is 47.4 Å². The average molecular weight is 501 g/mol. The minimum atomic E-state index is -4.94. The van der Waals surface area contributed by atoms with Crippen LogP contribution >= 0.6 is 42.4 Å². The van der Waals surface area contributed by atoms with Gasteiger partial charge in [0.15, 0.2) is 0 Å². The summed E-state index contributed by atoms with van der Waals surface area (Å²) in [5.74, 6) is -0.538. The summed E-state index contributed by atoms with van der Waals surface area (Å²) in [6, 6.07) is 5.08. The summed E-state index contributed by atoms with van der Waals surface area (Å²) < 4.78 is 57.9. The van der Waals surface area contributed by atoms with E-state index >= 15 is 0 Å². The number of halogens is 4. The second kappa shape index (κ2) is 12.7. The van der Waals surface area contributed by atoms with Gasteiger partial charge < -0.3 is 13.9 Å². The molecule has 0 saturated carbocycles. The molecule has 28 heavy (non-hydrogen) atoms. The molecule has 0 aliphatic rings. The molecule has 0 saturated heterocycles. The molecule has 0 aliphatic carbocycles. The minimum Gasteiger partial charge on any atom is -0.324 e. The highest BCUT2D eigenvalue weighted by Crippen LogP contribution is 2.52. The van der Waals surface area contributed by atoms with Crippen LogP contribution in [-0.2, 0) is 13.6 Å². The molecule has 1 atom stereocenters. The average Bonchev–Trinajstić information content (AvgIpc) is 2.53. The van der Waals surface area contributed by atoms with E-state index in [4.69, 9.17) is 62.5 Å². The van der Waals surface area contributed by atoms with Crippen LogP contribution in [-0.4, -0.2) is 33.1 Å². The Kier molecular flexibility index (Phi) is 12.7. The Labute approximate surface area is 181 Å². The van der Waals surface area contributed by atoms with Gasteiger partial charge >= 0.3 is 7.60 Å². The SMILES string of the molecule is CCOP(=O)(OCC)C(C=C(Cl)c1ccc(Cl)c(Cl)c1)[NH+](C)C.[O-][Cl+3]([O-])([O-])[O-]. The van der Waals surface area contributed by atoms with E-state index in [1.165, 1.54) is 0 Å². The summed E-state index contributed by atoms with van der Waals surface area (Å²) in [5.41, 5.74) is 0.687. The molecular formula is C15H22Cl4NO7P. The molecule has 0 heterocycles. The Hall–Kier alpha value is 0.0700. The number of nitrogens with one attached hydrogen (secondary N) is 1. The Morgan fingerprint density at radius 3 is 1.96 bits per heavy atom. The zero-order valence-corrected chi connectivity index (χ0v) is 19.5. The molecule has 0 aliphatic heterocycles. The third kappa shape index (κ3) is 10.7. The normalized spacial score (nSPS) is 13.9. The molecule has 1 unspecified atom stereocenters. The zero-order chi connectivity index (χ0) is 22.1. The molecule has 0 bridgehead atoms. The summed E-state index contributed by atoms with van der Waals surface area (Å²) in [5, 5.41) is 1.26. The van der Waals surface area contributed by atoms with Crippen LogP contribution in [0.5, 0.6) is 0 Å². The van der Waals surface area contributed by atoms with Crippen molar-refractivity contribution >= 4 is 47.4 Å². The maximum absolute atomic E-state index is 13.0. The van der Waals surface area contributed by atoms with E-state index in [9.17, 15) is 4.57 Å². The van der Waals surface area contributed by atoms with Crippen molar-refractivity contribution in [1.29, 1.82) is 0 Å². The lowest BCUT2D eigenvalue weighted by atomic mass is 10.2. The van der Waals surface area contributed by atoms with Crippen LogP contribution in [0, 0.1) is 10.2 Å². The van der Waals surface area contributed by atoms with Gasteiger partial charge in [0.25, 0.3) is 0 Å². The van der Waals surface area contributed by atoms with Crippen molar-refractivity contribution in [2.45, 2.75) is 19.6 Å². The zero-order valence-electron chi connectivity index (χ0n) is 15.6. The summed E-state index contributed by atoms with van der Waals surface area (Å²) in [4.78, 5) is 0.883. The van der Waals surface area contributed by atoms with Gasteiger partial charge in [-0.3, -0.25) is 4.57 Å². The van der Waals surface area contributed by atoms with Crippen LogP contribution in [0.15, 0.2) is 24.3 Å². The monoisotopic (exact) mass is 499 g/mol. The van der Waals surface area contributed by atoms with Gasteiger partial charge in [-0.2, -0.15) is 0 Å². The summed E-state index contributed by atoms with van der Waals surface area (Å²) >= 11 is 18.3. The maximum Gasteiger partial charge on any atom is 0.391 e. The van der Waals surface area contributed by atoms with Gasteiger partial charge in [0.1, 0.15) is 0 Å². The van der Waals surface area contributed by atoms with E-state index in [-0.39, 0.29) is 0 Å². The fourth-order valence-corrected chi connectivity index (χ4v) is 4.72. The summed E-state index contributed by atoms with van der Waals surface area (Å²) in [6.45, 7) is 4.13. The largest absolute Gasteiger partial charge is 0.391 e. The predicted octanol–water partition coefficient (Wildman–Crippen LogP) is -0.446. The molecule has 13 heteroatoms. The summed E-state index contributed by atoms with van der Waals surface area (Å²) in [7, 11) is -4.55. The van der Waals surface area contributed by atoms with E-state index in [1.807, 2.05) is 14.1 Å². The Morgan fingerprint density at radius 2 is 1.61 bits per heavy atom. The van der Waals surface area contributed by atoms with Crippen molar-refractivity contribution in [2.24, 2.45) is 0 Å². The molecule has 0 fully saturated rings. The number of rotatable bonds is 8. The lowest BCUT2D eigenvalue weighted by Gasteiger charge is -2.26. The van der Waals surface area contributed by atoms with Crippen LogP contribution in [0.25, 0.3) is 5.03 Å². The fraction of sp³-hybridized carbons (Fsp3) is 0.467. The highest BCUT2D eigenvalue weighted by molar-refractivity contribution is 7.54. The van der Waals surface area contributed by atoms with Gasteiger partial charge in [0.2, 0.25) is 5.78 Å². The van der Waals surface area contributed by atoms with Crippen LogP contribution in [0.2, 0.25) is 10.0 Å². The van der Waals surface area contributed by atoms with Gasteiger partial charge in [0.05, 0.1) is 42.4 Å². The second-order valence-electron chi connectivity index (χ2n) is 5.42. The highest BCUT2D eigenvalue weighted by Gasteiger charge is 2.39. The lowest BCUT2D eigenvalue weighted by molar-refractivity contribution is -2.00. The topological polar surface area (TPSA) is 132 Å². The van der Waals surface area contributed by atoms with Crippen molar-refractivity contribution in [3.05, 3.63) is 39.9 Å². The molecule has 1 aromatic carbocycles. The van der Waals surface area contributed by atoms with Crippen LogP contribution in [0.1, 0.15) is 19.4 Å². The first-order valence-electron chi connectivity index (χ1n) is 7.88. The first kappa shape index (κ1) is 28.1. The smallest absolute Gasteiger partial charge is 0.324 e. The van der Waals surface area contributed by atoms with Crippen molar-refractivity contribution in [1.82, 2.24) is 0 Å². The van der Waals surface area contributed by atoms with E-state index < -0.39 is 23.6 Å². The molecule has 0 amide bonds. The first-order valence-corrected chi connectivity index (χ1v) is 11.9. The molecule has 0 aromatic heterocycles. The van der Waals surface area contributed by atoms with E-state index in [2.05, 4.69) is 0 Å². The lowest BCUT2D eigenvalue weighted by Crippen LogP contribution is -3.09. The van der Waals surface area contributed by atoms with Crippen molar-refractivity contribution in [3.63, 3.8) is 0 Å². The second-order valence-corrected chi connectivity index (χ2v) is 9.55. The Balaban J connectivity index is 0.00000129. The molecule has 8 nitrogen and oxygen atoms in total. The third-order valence-corrected chi connectivity index (χ3v) is 6.72. The van der Waals surface area contributed by atoms with Crippen LogP contribution < -0.4 is 23.5 Å². The van der Waals surface area contributed by atoms with E-state index in [1.54, 1.807) is 38.1 Å². The number of quaternary nitrogens is 1. The number of likely N-dealkylation sites (N-methyl/N-ethyl adjacent to an activating group) is 1. The van der Waals surface area contributed by atoms with Gasteiger partial charge in [0, 0.05) is 6.08 Å². The Bertz CT molecular complexity index is 681. The van der Waals surface area contributed by atoms with Crippen molar-refractivity contribution in [3.8, 4) is 0 Å². The van der Waals surface area contributed by atoms with Crippen molar-refractivity contribution in [2.75, 3.05) is 27.3 Å². The molecular weight excluding hydrogens is 479 g/mol. The molecule has 162 valence electrons. The minimum absolute atomic E-state index is 0.291. The fourth-order valence-electron chi connectivity index (χ4n) is 2.01. The molecule has 0 spiro atoms. The molecule has 0 radical (unpaired) electrons. The van der Waals surface area contributed by atoms with Gasteiger partial charge in [-0.15, -0.1) is 10.2 Å². The van der Waals surface area contributed by atoms with E-state index in [0.29, 0.717) is 33.9 Å². The first-order chi connectivity index (χ1) is 12.7. The standard InChI is InChI=1S/C15H21Cl3NO3P.ClHO4/c1-5-21-23(20,22-6-2)15(19(3)4)10-13(17)11-7-8-12(16)14(18)9-11;2-1(3,4)5/h7-10,15H,5-6H2,1-4H3;(H,2,3,4,5). The van der Waals surface area contributed by atoms with Crippen LogP contribution in [0.3, 0.4) is 0 Å². The molecule has 1 aromatic rings. The molecule has 1 N–H and O–H groups in total. The third-order valence-electron chi connectivity index (χ3n) is 3.05. The quantitative estimate of drug-likeness (QED) is 0.478. The Morgan fingerprint density at radius 1 is 1.14 bits per heavy atom. The molecule has 1 rings (SSSR count). The van der Waals surface area contributed by atoms with Gasteiger partial charge in [-0.05, 0) is 31.5 Å². The van der Waals surface area contributed by atoms with Gasteiger partial charge in [-0.1, -0.05) is 40.9 Å². The van der Waals surface area contributed by atoms with Crippen LogP contribution in [0.4, 0.5) is 0 Å². The summed E-state index contributed by atoms with van der Waals surface area (Å²) in [6.07, 6.45) is 1.68. The maximum atomic E-state index is 13.0. The number of benzene rings is 1. The number of hydrogen-bond donors (Lipinski definition) is 1. The van der Waals surface area contributed by atoms with E-state index in [0.717, 1.165) is 4.90 Å². The van der Waals surface area contributed by atoms with Gasteiger partial charge in [-0.25, -0.2) is 18.6 Å². The predicted molar refractivity (Wildman–Crippen MR) is 97.7 cm³/mol. The number of hydrogen-bond acceptors (Lipinski definition) is 7. The highest BCUT2D eigenvalue weighted by atomic mass is 35.7.